The summed E-state index contributed by atoms with van der Waals surface area (Å²) in [5.41, 5.74) is 3.27. The van der Waals surface area contributed by atoms with E-state index in [1.807, 2.05) is 32.0 Å². The van der Waals surface area contributed by atoms with Gasteiger partial charge in [0.05, 0.1) is 0 Å². The topological polar surface area (TPSA) is 63.1 Å². The second-order valence-electron chi connectivity index (χ2n) is 3.88. The third-order valence-corrected chi connectivity index (χ3v) is 2.55. The van der Waals surface area contributed by atoms with E-state index in [0.717, 1.165) is 16.7 Å². The van der Waals surface area contributed by atoms with Crippen molar-refractivity contribution >= 4 is 5.97 Å². The normalized spacial score (nSPS) is 10.2. The van der Waals surface area contributed by atoms with Crippen molar-refractivity contribution in [3.8, 4) is 11.3 Å². The summed E-state index contributed by atoms with van der Waals surface area (Å²) in [5.74, 6) is -1.06. The maximum absolute atomic E-state index is 11.1. The molecule has 0 radical (unpaired) electrons. The van der Waals surface area contributed by atoms with Crippen molar-refractivity contribution in [3.63, 3.8) is 0 Å². The number of hydrogen-bond acceptors (Lipinski definition) is 3. The van der Waals surface area contributed by atoms with Gasteiger partial charge in [-0.05, 0) is 25.5 Å². The summed E-state index contributed by atoms with van der Waals surface area (Å²) >= 11 is 0. The van der Waals surface area contributed by atoms with Crippen LogP contribution >= 0.6 is 0 Å². The molecule has 1 aromatic carbocycles. The highest BCUT2D eigenvalue weighted by molar-refractivity contribution is 5.93. The highest BCUT2D eigenvalue weighted by Crippen LogP contribution is 2.24. The van der Waals surface area contributed by atoms with E-state index in [0.29, 0.717) is 5.69 Å². The number of aromatic carboxylic acids is 1. The van der Waals surface area contributed by atoms with Crippen molar-refractivity contribution < 1.29 is 9.90 Å². The predicted molar refractivity (Wildman–Crippen MR) is 63.9 cm³/mol. The fraction of sp³-hybridized carbons (Fsp3) is 0.154. The van der Waals surface area contributed by atoms with Gasteiger partial charge < -0.3 is 5.11 Å². The van der Waals surface area contributed by atoms with Crippen LogP contribution in [0.5, 0.6) is 0 Å². The summed E-state index contributed by atoms with van der Waals surface area (Å²) in [6.07, 6.45) is 2.89. The fourth-order valence-corrected chi connectivity index (χ4v) is 1.68. The zero-order chi connectivity index (χ0) is 12.4. The Balaban J connectivity index is 2.68. The lowest BCUT2D eigenvalue weighted by Crippen LogP contribution is -2.05. The Hall–Kier alpha value is -2.23. The van der Waals surface area contributed by atoms with Crippen LogP contribution in [-0.4, -0.2) is 21.0 Å². The van der Waals surface area contributed by atoms with E-state index in [-0.39, 0.29) is 5.69 Å². The van der Waals surface area contributed by atoms with Crippen molar-refractivity contribution in [2.75, 3.05) is 0 Å². The van der Waals surface area contributed by atoms with E-state index in [2.05, 4.69) is 9.97 Å². The van der Waals surface area contributed by atoms with E-state index in [4.69, 9.17) is 5.11 Å². The van der Waals surface area contributed by atoms with Crippen LogP contribution in [0, 0.1) is 13.8 Å². The molecule has 0 aliphatic rings. The quantitative estimate of drug-likeness (QED) is 0.857. The number of hydrogen-bond donors (Lipinski definition) is 1. The van der Waals surface area contributed by atoms with Gasteiger partial charge in [-0.3, -0.25) is 4.98 Å². The van der Waals surface area contributed by atoms with Crippen molar-refractivity contribution in [2.45, 2.75) is 13.8 Å². The zero-order valence-corrected chi connectivity index (χ0v) is 9.64. The summed E-state index contributed by atoms with van der Waals surface area (Å²) in [5, 5.41) is 9.08. The molecule has 0 amide bonds. The van der Waals surface area contributed by atoms with Gasteiger partial charge in [0.15, 0.2) is 5.69 Å². The Morgan fingerprint density at radius 3 is 2.59 bits per heavy atom. The second-order valence-corrected chi connectivity index (χ2v) is 3.88. The summed E-state index contributed by atoms with van der Waals surface area (Å²) in [4.78, 5) is 19.1. The van der Waals surface area contributed by atoms with Crippen LogP contribution < -0.4 is 0 Å². The number of nitrogens with zero attached hydrogens (tertiary/aromatic N) is 2. The lowest BCUT2D eigenvalue weighted by Gasteiger charge is -2.08. The highest BCUT2D eigenvalue weighted by atomic mass is 16.4. The third-order valence-electron chi connectivity index (χ3n) is 2.55. The molecule has 0 saturated carbocycles. The number of benzene rings is 1. The SMILES string of the molecule is Cc1ccc(C)c(-c2nccnc2C(=O)O)c1. The maximum atomic E-state index is 11.1. The molecule has 0 atom stereocenters. The standard InChI is InChI=1S/C13H12N2O2/c1-8-3-4-9(2)10(7-8)11-12(13(16)17)15-6-5-14-11/h3-7H,1-2H3,(H,16,17). The van der Waals surface area contributed by atoms with E-state index >= 15 is 0 Å². The van der Waals surface area contributed by atoms with Crippen LogP contribution in [0.15, 0.2) is 30.6 Å². The molecule has 4 nitrogen and oxygen atoms in total. The molecular weight excluding hydrogens is 216 g/mol. The van der Waals surface area contributed by atoms with Gasteiger partial charge in [0.1, 0.15) is 5.69 Å². The van der Waals surface area contributed by atoms with Gasteiger partial charge in [-0.1, -0.05) is 17.7 Å². The molecule has 0 bridgehead atoms. The average Bonchev–Trinajstić information content (AvgIpc) is 2.32. The van der Waals surface area contributed by atoms with E-state index < -0.39 is 5.97 Å². The van der Waals surface area contributed by atoms with Crippen LogP contribution in [-0.2, 0) is 0 Å². The molecule has 0 unspecified atom stereocenters. The summed E-state index contributed by atoms with van der Waals surface area (Å²) < 4.78 is 0. The minimum Gasteiger partial charge on any atom is -0.476 e. The Kier molecular flexibility index (Phi) is 2.87. The lowest BCUT2D eigenvalue weighted by atomic mass is 10.0. The van der Waals surface area contributed by atoms with Gasteiger partial charge in [-0.2, -0.15) is 0 Å². The molecule has 0 aliphatic heterocycles. The molecule has 0 spiro atoms. The van der Waals surface area contributed by atoms with Crippen molar-refractivity contribution in [3.05, 3.63) is 47.4 Å². The molecule has 2 aromatic rings. The largest absolute Gasteiger partial charge is 0.476 e. The van der Waals surface area contributed by atoms with E-state index in [9.17, 15) is 4.79 Å². The van der Waals surface area contributed by atoms with Crippen molar-refractivity contribution in [1.82, 2.24) is 9.97 Å². The number of carboxylic acid groups (broad SMARTS) is 1. The summed E-state index contributed by atoms with van der Waals surface area (Å²) in [6.45, 7) is 3.88. The smallest absolute Gasteiger partial charge is 0.356 e. The molecule has 0 saturated heterocycles. The molecule has 1 aromatic heterocycles. The molecule has 0 aliphatic carbocycles. The molecule has 0 fully saturated rings. The monoisotopic (exact) mass is 228 g/mol. The maximum Gasteiger partial charge on any atom is 0.356 e. The van der Waals surface area contributed by atoms with E-state index in [1.165, 1.54) is 12.4 Å². The number of aryl methyl sites for hydroxylation is 2. The minimum absolute atomic E-state index is 0.0128. The van der Waals surface area contributed by atoms with Gasteiger partial charge in [0, 0.05) is 18.0 Å². The van der Waals surface area contributed by atoms with Crippen LogP contribution in [0.25, 0.3) is 11.3 Å². The molecule has 4 heteroatoms. The van der Waals surface area contributed by atoms with Crippen molar-refractivity contribution in [2.24, 2.45) is 0 Å². The van der Waals surface area contributed by atoms with Gasteiger partial charge >= 0.3 is 5.97 Å². The first kappa shape index (κ1) is 11.3. The Bertz CT molecular complexity index is 579. The molecule has 2 rings (SSSR count). The number of aromatic nitrogens is 2. The fourth-order valence-electron chi connectivity index (χ4n) is 1.68. The summed E-state index contributed by atoms with van der Waals surface area (Å²) in [7, 11) is 0. The van der Waals surface area contributed by atoms with Gasteiger partial charge in [0.25, 0.3) is 0 Å². The minimum atomic E-state index is -1.06. The van der Waals surface area contributed by atoms with Gasteiger partial charge in [-0.25, -0.2) is 9.78 Å². The molecule has 1 N–H and O–H groups in total. The summed E-state index contributed by atoms with van der Waals surface area (Å²) in [6, 6.07) is 5.85. The Labute approximate surface area is 99.0 Å². The number of carboxylic acids is 1. The Morgan fingerprint density at radius 2 is 1.88 bits per heavy atom. The van der Waals surface area contributed by atoms with Crippen LogP contribution in [0.3, 0.4) is 0 Å². The van der Waals surface area contributed by atoms with Crippen LogP contribution in [0.4, 0.5) is 0 Å². The van der Waals surface area contributed by atoms with Gasteiger partial charge in [0.2, 0.25) is 0 Å². The lowest BCUT2D eigenvalue weighted by molar-refractivity contribution is 0.0691. The van der Waals surface area contributed by atoms with Gasteiger partial charge in [-0.15, -0.1) is 0 Å². The van der Waals surface area contributed by atoms with E-state index in [1.54, 1.807) is 0 Å². The number of rotatable bonds is 2. The third kappa shape index (κ3) is 2.15. The molecular formula is C13H12N2O2. The average molecular weight is 228 g/mol. The first-order valence-corrected chi connectivity index (χ1v) is 5.21. The van der Waals surface area contributed by atoms with Crippen molar-refractivity contribution in [1.29, 1.82) is 0 Å². The first-order valence-electron chi connectivity index (χ1n) is 5.21. The van der Waals surface area contributed by atoms with Crippen LogP contribution in [0.2, 0.25) is 0 Å². The predicted octanol–water partition coefficient (Wildman–Crippen LogP) is 2.46. The molecule has 1 heterocycles. The molecule has 86 valence electrons. The molecule has 17 heavy (non-hydrogen) atoms. The second kappa shape index (κ2) is 4.33. The highest BCUT2D eigenvalue weighted by Gasteiger charge is 2.15. The first-order chi connectivity index (χ1) is 8.09. The Morgan fingerprint density at radius 1 is 1.18 bits per heavy atom. The van der Waals surface area contributed by atoms with Crippen LogP contribution in [0.1, 0.15) is 21.6 Å². The zero-order valence-electron chi connectivity index (χ0n) is 9.64. The number of carbonyl (C=O) groups is 1.